The third kappa shape index (κ3) is 3.21. The molecule has 92 valence electrons. The van der Waals surface area contributed by atoms with Gasteiger partial charge >= 0.3 is 0 Å². The minimum atomic E-state index is -0.556. The van der Waals surface area contributed by atoms with Crippen LogP contribution in [-0.4, -0.2) is 38.4 Å². The molecule has 0 aromatic heterocycles. The summed E-state index contributed by atoms with van der Waals surface area (Å²) in [4.78, 5) is 22.7. The van der Waals surface area contributed by atoms with Crippen LogP contribution < -0.4 is 9.47 Å². The molecule has 1 amide bonds. The fourth-order valence-electron chi connectivity index (χ4n) is 1.42. The molecule has 0 aliphatic heterocycles. The number of amides is 1. The van der Waals surface area contributed by atoms with E-state index in [0.717, 1.165) is 5.56 Å². The van der Waals surface area contributed by atoms with E-state index in [9.17, 15) is 9.59 Å². The number of nitrogens with zero attached hydrogens (tertiary/aromatic N) is 1. The van der Waals surface area contributed by atoms with Gasteiger partial charge in [0.2, 0.25) is 6.29 Å². The fourth-order valence-corrected chi connectivity index (χ4v) is 1.42. The number of methoxy groups -OCH3 is 2. The van der Waals surface area contributed by atoms with Crippen LogP contribution in [0.2, 0.25) is 0 Å². The Bertz CT molecular complexity index is 417. The molecule has 0 atom stereocenters. The molecular weight excluding hydrogens is 222 g/mol. The number of ether oxygens (including phenoxy) is 2. The highest BCUT2D eigenvalue weighted by atomic mass is 16.5. The maximum absolute atomic E-state index is 11.1. The summed E-state index contributed by atoms with van der Waals surface area (Å²) in [5, 5.41) is 0. The van der Waals surface area contributed by atoms with Gasteiger partial charge in [-0.1, -0.05) is 6.07 Å². The van der Waals surface area contributed by atoms with Gasteiger partial charge in [-0.15, -0.1) is 0 Å². The predicted molar refractivity (Wildman–Crippen MR) is 62.1 cm³/mol. The van der Waals surface area contributed by atoms with Gasteiger partial charge in [0, 0.05) is 13.6 Å². The van der Waals surface area contributed by atoms with Crippen LogP contribution in [0.3, 0.4) is 0 Å². The second-order valence-corrected chi connectivity index (χ2v) is 3.50. The third-order valence-corrected chi connectivity index (χ3v) is 2.34. The van der Waals surface area contributed by atoms with E-state index in [1.807, 2.05) is 6.07 Å². The monoisotopic (exact) mass is 237 g/mol. The van der Waals surface area contributed by atoms with Crippen molar-refractivity contribution >= 4 is 12.2 Å². The maximum atomic E-state index is 11.1. The highest BCUT2D eigenvalue weighted by Gasteiger charge is 2.10. The molecule has 5 nitrogen and oxygen atoms in total. The highest BCUT2D eigenvalue weighted by Crippen LogP contribution is 2.27. The zero-order valence-electron chi connectivity index (χ0n) is 10.1. The SMILES string of the molecule is COc1ccc(CN(C)C(=O)C=O)cc1OC. The number of hydrogen-bond acceptors (Lipinski definition) is 4. The van der Waals surface area contributed by atoms with Crippen molar-refractivity contribution < 1.29 is 19.1 Å². The summed E-state index contributed by atoms with van der Waals surface area (Å²) < 4.78 is 10.3. The first-order valence-corrected chi connectivity index (χ1v) is 5.03. The predicted octanol–water partition coefficient (Wildman–Crippen LogP) is 0.861. The zero-order valence-corrected chi connectivity index (χ0v) is 10.1. The quantitative estimate of drug-likeness (QED) is 0.563. The zero-order chi connectivity index (χ0) is 12.8. The summed E-state index contributed by atoms with van der Waals surface area (Å²) in [7, 11) is 4.66. The van der Waals surface area contributed by atoms with Crippen LogP contribution in [0.4, 0.5) is 0 Å². The summed E-state index contributed by atoms with van der Waals surface area (Å²) in [6.45, 7) is 0.345. The topological polar surface area (TPSA) is 55.8 Å². The molecule has 0 aliphatic rings. The molecular formula is C12H15NO4. The van der Waals surface area contributed by atoms with Crippen LogP contribution in [0.25, 0.3) is 0 Å². The van der Waals surface area contributed by atoms with Crippen LogP contribution in [0.15, 0.2) is 18.2 Å². The van der Waals surface area contributed by atoms with Crippen LogP contribution in [0, 0.1) is 0 Å². The van der Waals surface area contributed by atoms with Gasteiger partial charge in [-0.05, 0) is 17.7 Å². The number of aldehydes is 1. The average molecular weight is 237 g/mol. The summed E-state index contributed by atoms with van der Waals surface area (Å²) in [6.07, 6.45) is 0.292. The molecule has 0 spiro atoms. The standard InChI is InChI=1S/C12H15NO4/c1-13(12(15)8-14)7-9-4-5-10(16-2)11(6-9)17-3/h4-6,8H,7H2,1-3H3. The number of carbonyl (C=O) groups excluding carboxylic acids is 2. The lowest BCUT2D eigenvalue weighted by Crippen LogP contribution is -2.26. The number of rotatable bonds is 5. The summed E-state index contributed by atoms with van der Waals surface area (Å²) in [5.74, 6) is 0.664. The van der Waals surface area contributed by atoms with Gasteiger partial charge in [-0.3, -0.25) is 9.59 Å². The van der Waals surface area contributed by atoms with Crippen molar-refractivity contribution in [2.75, 3.05) is 21.3 Å². The number of carbonyl (C=O) groups is 2. The summed E-state index contributed by atoms with van der Waals surface area (Å²) >= 11 is 0. The highest BCUT2D eigenvalue weighted by molar-refractivity contribution is 6.23. The van der Waals surface area contributed by atoms with Gasteiger partial charge in [0.1, 0.15) is 0 Å². The van der Waals surface area contributed by atoms with E-state index >= 15 is 0 Å². The van der Waals surface area contributed by atoms with E-state index < -0.39 is 5.91 Å². The molecule has 0 aliphatic carbocycles. The van der Waals surface area contributed by atoms with E-state index in [1.54, 1.807) is 33.4 Å². The van der Waals surface area contributed by atoms with E-state index in [2.05, 4.69) is 0 Å². The Morgan fingerprint density at radius 2 is 1.94 bits per heavy atom. The lowest BCUT2D eigenvalue weighted by molar-refractivity contribution is -0.138. The van der Waals surface area contributed by atoms with Crippen molar-refractivity contribution in [3.05, 3.63) is 23.8 Å². The number of likely N-dealkylation sites (N-methyl/N-ethyl adjacent to an activating group) is 1. The van der Waals surface area contributed by atoms with Gasteiger partial charge in [0.15, 0.2) is 11.5 Å². The normalized spacial score (nSPS) is 9.59. The first-order chi connectivity index (χ1) is 8.12. The molecule has 0 radical (unpaired) electrons. The second-order valence-electron chi connectivity index (χ2n) is 3.50. The van der Waals surface area contributed by atoms with Gasteiger partial charge in [-0.2, -0.15) is 0 Å². The minimum Gasteiger partial charge on any atom is -0.493 e. The largest absolute Gasteiger partial charge is 0.493 e. The van der Waals surface area contributed by atoms with Crippen LogP contribution in [-0.2, 0) is 16.1 Å². The third-order valence-electron chi connectivity index (χ3n) is 2.34. The molecule has 17 heavy (non-hydrogen) atoms. The Morgan fingerprint density at radius 1 is 1.29 bits per heavy atom. The summed E-state index contributed by atoms with van der Waals surface area (Å²) in [5.41, 5.74) is 0.861. The Balaban J connectivity index is 2.85. The van der Waals surface area contributed by atoms with Crippen molar-refractivity contribution in [1.82, 2.24) is 4.90 Å². The van der Waals surface area contributed by atoms with E-state index in [0.29, 0.717) is 24.3 Å². The molecule has 0 heterocycles. The van der Waals surface area contributed by atoms with Crippen LogP contribution in [0.5, 0.6) is 11.5 Å². The van der Waals surface area contributed by atoms with E-state index in [1.165, 1.54) is 4.90 Å². The maximum Gasteiger partial charge on any atom is 0.286 e. The molecule has 0 fully saturated rings. The van der Waals surface area contributed by atoms with Crippen molar-refractivity contribution in [2.24, 2.45) is 0 Å². The van der Waals surface area contributed by atoms with E-state index in [4.69, 9.17) is 9.47 Å². The Morgan fingerprint density at radius 3 is 2.47 bits per heavy atom. The molecule has 5 heteroatoms. The van der Waals surface area contributed by atoms with Gasteiger partial charge in [-0.25, -0.2) is 0 Å². The van der Waals surface area contributed by atoms with E-state index in [-0.39, 0.29) is 0 Å². The Hall–Kier alpha value is -2.04. The molecule has 1 aromatic rings. The Labute approximate surface area is 99.9 Å². The summed E-state index contributed by atoms with van der Waals surface area (Å²) in [6, 6.07) is 5.34. The van der Waals surface area contributed by atoms with Crippen LogP contribution >= 0.6 is 0 Å². The van der Waals surface area contributed by atoms with Crippen molar-refractivity contribution in [2.45, 2.75) is 6.54 Å². The van der Waals surface area contributed by atoms with Gasteiger partial charge < -0.3 is 14.4 Å². The Kier molecular flexibility index (Phi) is 4.51. The van der Waals surface area contributed by atoms with Crippen molar-refractivity contribution in [1.29, 1.82) is 0 Å². The molecule has 0 saturated carbocycles. The lowest BCUT2D eigenvalue weighted by atomic mass is 10.2. The molecule has 0 N–H and O–H groups in total. The number of hydrogen-bond donors (Lipinski definition) is 0. The number of benzene rings is 1. The molecule has 0 saturated heterocycles. The first kappa shape index (κ1) is 13.0. The van der Waals surface area contributed by atoms with Crippen molar-refractivity contribution in [3.8, 4) is 11.5 Å². The average Bonchev–Trinajstić information content (AvgIpc) is 2.37. The van der Waals surface area contributed by atoms with Gasteiger partial charge in [0.05, 0.1) is 14.2 Å². The fraction of sp³-hybridized carbons (Fsp3) is 0.333. The smallest absolute Gasteiger partial charge is 0.286 e. The molecule has 0 unspecified atom stereocenters. The van der Waals surface area contributed by atoms with Crippen molar-refractivity contribution in [3.63, 3.8) is 0 Å². The molecule has 1 rings (SSSR count). The minimum absolute atomic E-state index is 0.292. The van der Waals surface area contributed by atoms with Crippen LogP contribution in [0.1, 0.15) is 5.56 Å². The second kappa shape index (κ2) is 5.89. The molecule has 0 bridgehead atoms. The van der Waals surface area contributed by atoms with Gasteiger partial charge in [0.25, 0.3) is 5.91 Å². The molecule has 1 aromatic carbocycles. The first-order valence-electron chi connectivity index (χ1n) is 5.03. The lowest BCUT2D eigenvalue weighted by Gasteiger charge is -2.15.